The Morgan fingerprint density at radius 2 is 1.93 bits per heavy atom. The summed E-state index contributed by atoms with van der Waals surface area (Å²) in [5.41, 5.74) is 1.50. The van der Waals surface area contributed by atoms with Gasteiger partial charge in [0.05, 0.1) is 0 Å². The van der Waals surface area contributed by atoms with E-state index in [-0.39, 0.29) is 12.5 Å². The van der Waals surface area contributed by atoms with Crippen molar-refractivity contribution in [3.05, 3.63) is 59.7 Å². The van der Waals surface area contributed by atoms with Crippen LogP contribution in [0, 0.1) is 0 Å². The Hall–Kier alpha value is -2.80. The highest BCUT2D eigenvalue weighted by Crippen LogP contribution is 2.39. The molecule has 6 nitrogen and oxygen atoms in total. The van der Waals surface area contributed by atoms with E-state index in [2.05, 4.69) is 10.6 Å². The van der Waals surface area contributed by atoms with Crippen LogP contribution in [0.4, 0.5) is 10.5 Å². The van der Waals surface area contributed by atoms with Crippen molar-refractivity contribution in [1.29, 1.82) is 0 Å². The van der Waals surface area contributed by atoms with Crippen molar-refractivity contribution in [1.82, 2.24) is 10.2 Å². The smallest absolute Gasteiger partial charge is 0.325 e. The second-order valence-electron chi connectivity index (χ2n) is 7.01. The summed E-state index contributed by atoms with van der Waals surface area (Å²) >= 11 is 1.61. The van der Waals surface area contributed by atoms with Gasteiger partial charge in [0.1, 0.15) is 12.1 Å². The molecule has 2 aliphatic rings. The lowest BCUT2D eigenvalue weighted by atomic mass is 9.76. The van der Waals surface area contributed by atoms with Crippen LogP contribution in [0.3, 0.4) is 0 Å². The summed E-state index contributed by atoms with van der Waals surface area (Å²) in [4.78, 5) is 40.3. The number of nitrogens with one attached hydrogen (secondary N) is 2. The van der Waals surface area contributed by atoms with Crippen LogP contribution < -0.4 is 10.6 Å². The zero-order valence-electron chi connectivity index (χ0n) is 15.5. The predicted molar refractivity (Wildman–Crippen MR) is 108 cm³/mol. The summed E-state index contributed by atoms with van der Waals surface area (Å²) < 4.78 is 0. The normalized spacial score (nSPS) is 20.8. The summed E-state index contributed by atoms with van der Waals surface area (Å²) in [7, 11) is 0. The third kappa shape index (κ3) is 3.16. The number of hydrogen-bond acceptors (Lipinski definition) is 4. The molecule has 7 heteroatoms. The number of carbonyl (C=O) groups is 3. The van der Waals surface area contributed by atoms with Gasteiger partial charge in [0, 0.05) is 10.6 Å². The average Bonchev–Trinajstić information content (AvgIpc) is 2.94. The first-order valence-electron chi connectivity index (χ1n) is 9.20. The van der Waals surface area contributed by atoms with Gasteiger partial charge in [-0.1, -0.05) is 24.3 Å². The van der Waals surface area contributed by atoms with Gasteiger partial charge in [0.15, 0.2) is 0 Å². The van der Waals surface area contributed by atoms with E-state index in [4.69, 9.17) is 0 Å². The van der Waals surface area contributed by atoms with Crippen molar-refractivity contribution < 1.29 is 14.4 Å². The SMILES string of the molecule is CSc1ccc(NC(=O)CN2C(=O)NC3(CCCc4ccccc43)C2=O)cc1. The maximum atomic E-state index is 13.2. The number of urea groups is 1. The van der Waals surface area contributed by atoms with Crippen molar-refractivity contribution in [2.24, 2.45) is 0 Å². The number of carbonyl (C=O) groups excluding carboxylic acids is 3. The summed E-state index contributed by atoms with van der Waals surface area (Å²) in [5, 5.41) is 5.61. The molecule has 1 unspecified atom stereocenters. The number of amides is 4. The van der Waals surface area contributed by atoms with Gasteiger partial charge in [-0.3, -0.25) is 14.5 Å². The van der Waals surface area contributed by atoms with Gasteiger partial charge in [-0.05, 0) is 60.9 Å². The molecule has 2 aromatic rings. The van der Waals surface area contributed by atoms with Crippen molar-refractivity contribution in [3.63, 3.8) is 0 Å². The number of thioether (sulfide) groups is 1. The van der Waals surface area contributed by atoms with Gasteiger partial charge in [-0.2, -0.15) is 0 Å². The molecule has 4 rings (SSSR count). The van der Waals surface area contributed by atoms with Crippen LogP contribution in [0.1, 0.15) is 24.0 Å². The number of benzene rings is 2. The summed E-state index contributed by atoms with van der Waals surface area (Å²) in [6.07, 6.45) is 4.21. The first kappa shape index (κ1) is 18.6. The molecule has 0 saturated carbocycles. The molecule has 1 aliphatic heterocycles. The molecule has 1 fully saturated rings. The van der Waals surface area contributed by atoms with E-state index < -0.39 is 17.5 Å². The van der Waals surface area contributed by atoms with Crippen LogP contribution >= 0.6 is 11.8 Å². The lowest BCUT2D eigenvalue weighted by Crippen LogP contribution is -2.47. The number of aryl methyl sites for hydroxylation is 1. The number of nitrogens with zero attached hydrogens (tertiary/aromatic N) is 1. The minimum absolute atomic E-state index is 0.307. The van der Waals surface area contributed by atoms with Gasteiger partial charge < -0.3 is 10.6 Å². The quantitative estimate of drug-likeness (QED) is 0.616. The molecular formula is C21H21N3O3S. The Morgan fingerprint density at radius 1 is 1.18 bits per heavy atom. The first-order chi connectivity index (χ1) is 13.5. The molecule has 0 aromatic heterocycles. The molecule has 1 atom stereocenters. The van der Waals surface area contributed by atoms with Crippen LogP contribution in [0.25, 0.3) is 0 Å². The third-order valence-corrected chi connectivity index (χ3v) is 6.07. The molecule has 0 bridgehead atoms. The van der Waals surface area contributed by atoms with Crippen molar-refractivity contribution in [2.75, 3.05) is 18.1 Å². The minimum atomic E-state index is -1.05. The van der Waals surface area contributed by atoms with E-state index in [9.17, 15) is 14.4 Å². The van der Waals surface area contributed by atoms with Crippen LogP contribution in [0.15, 0.2) is 53.4 Å². The number of hydrogen-bond donors (Lipinski definition) is 2. The number of rotatable bonds is 4. The van der Waals surface area contributed by atoms with Crippen LogP contribution in [0.2, 0.25) is 0 Å². The molecule has 1 saturated heterocycles. The van der Waals surface area contributed by atoms with E-state index in [0.29, 0.717) is 12.1 Å². The van der Waals surface area contributed by atoms with E-state index in [0.717, 1.165) is 33.8 Å². The molecule has 2 N–H and O–H groups in total. The Morgan fingerprint density at radius 3 is 2.68 bits per heavy atom. The molecule has 1 aliphatic carbocycles. The molecule has 4 amide bonds. The molecule has 1 heterocycles. The average molecular weight is 395 g/mol. The largest absolute Gasteiger partial charge is 0.325 e. The number of imide groups is 1. The highest BCUT2D eigenvalue weighted by atomic mass is 32.2. The van der Waals surface area contributed by atoms with Crippen LogP contribution in [-0.2, 0) is 21.5 Å². The summed E-state index contributed by atoms with van der Waals surface area (Å²) in [6, 6.07) is 14.6. The van der Waals surface area contributed by atoms with E-state index in [1.807, 2.05) is 42.7 Å². The fraction of sp³-hybridized carbons (Fsp3) is 0.286. The molecule has 144 valence electrons. The zero-order chi connectivity index (χ0) is 19.7. The lowest BCUT2D eigenvalue weighted by molar-refractivity contribution is -0.134. The van der Waals surface area contributed by atoms with Gasteiger partial charge >= 0.3 is 6.03 Å². The number of fused-ring (bicyclic) bond motifs is 2. The van der Waals surface area contributed by atoms with Gasteiger partial charge in [0.2, 0.25) is 5.91 Å². The standard InChI is InChI=1S/C21H21N3O3S/c1-28-16-10-8-15(9-11-16)22-18(25)13-24-19(26)21(23-20(24)27)12-4-6-14-5-2-3-7-17(14)21/h2-3,5,7-11H,4,6,12-13H2,1H3,(H,22,25)(H,23,27). The third-order valence-electron chi connectivity index (χ3n) is 5.33. The van der Waals surface area contributed by atoms with Crippen LogP contribution in [0.5, 0.6) is 0 Å². The second kappa shape index (κ2) is 7.31. The van der Waals surface area contributed by atoms with Gasteiger partial charge in [-0.25, -0.2) is 4.79 Å². The van der Waals surface area contributed by atoms with Gasteiger partial charge in [0.25, 0.3) is 5.91 Å². The van der Waals surface area contributed by atoms with E-state index in [1.54, 1.807) is 23.9 Å². The molecule has 0 radical (unpaired) electrons. The molecule has 28 heavy (non-hydrogen) atoms. The first-order valence-corrected chi connectivity index (χ1v) is 10.4. The van der Waals surface area contributed by atoms with Crippen molar-refractivity contribution in [2.45, 2.75) is 29.7 Å². The van der Waals surface area contributed by atoms with E-state index in [1.165, 1.54) is 0 Å². The predicted octanol–water partition coefficient (Wildman–Crippen LogP) is 3.13. The van der Waals surface area contributed by atoms with E-state index >= 15 is 0 Å². The van der Waals surface area contributed by atoms with Gasteiger partial charge in [-0.15, -0.1) is 11.8 Å². The Labute approximate surface area is 167 Å². The molecule has 2 aromatic carbocycles. The monoisotopic (exact) mass is 395 g/mol. The highest BCUT2D eigenvalue weighted by molar-refractivity contribution is 7.98. The lowest BCUT2D eigenvalue weighted by Gasteiger charge is -2.33. The fourth-order valence-corrected chi connectivity index (χ4v) is 4.38. The Balaban J connectivity index is 1.51. The zero-order valence-corrected chi connectivity index (χ0v) is 16.3. The Kier molecular flexibility index (Phi) is 4.85. The Bertz CT molecular complexity index is 944. The molecule has 1 spiro atoms. The minimum Gasteiger partial charge on any atom is -0.325 e. The molecular weight excluding hydrogens is 374 g/mol. The number of anilines is 1. The highest BCUT2D eigenvalue weighted by Gasteiger charge is 2.54. The topological polar surface area (TPSA) is 78.5 Å². The van der Waals surface area contributed by atoms with Crippen LogP contribution in [-0.4, -0.2) is 35.5 Å². The summed E-state index contributed by atoms with van der Waals surface area (Å²) in [5.74, 6) is -0.751. The maximum Gasteiger partial charge on any atom is 0.325 e. The van der Waals surface area contributed by atoms with Crippen molar-refractivity contribution >= 4 is 35.3 Å². The fourth-order valence-electron chi connectivity index (χ4n) is 3.97. The maximum absolute atomic E-state index is 13.2. The van der Waals surface area contributed by atoms with Crippen molar-refractivity contribution in [3.8, 4) is 0 Å². The second-order valence-corrected chi connectivity index (χ2v) is 7.89. The summed E-state index contributed by atoms with van der Waals surface area (Å²) in [6.45, 7) is -0.307.